The van der Waals surface area contributed by atoms with Crippen molar-refractivity contribution in [3.05, 3.63) is 70.7 Å². The van der Waals surface area contributed by atoms with E-state index < -0.39 is 10.0 Å². The van der Waals surface area contributed by atoms with Gasteiger partial charge >= 0.3 is 0 Å². The summed E-state index contributed by atoms with van der Waals surface area (Å²) in [6.07, 6.45) is 0. The van der Waals surface area contributed by atoms with Crippen molar-refractivity contribution in [3.8, 4) is 5.75 Å². The molecule has 4 rings (SSSR count). The molecule has 196 valence electrons. The van der Waals surface area contributed by atoms with Crippen molar-refractivity contribution >= 4 is 73.3 Å². The maximum atomic E-state index is 13.6. The molecule has 0 amide bonds. The molecule has 0 atom stereocenters. The average molecular weight is 582 g/mol. The quantitative estimate of drug-likeness (QED) is 0.286. The van der Waals surface area contributed by atoms with Crippen molar-refractivity contribution in [3.63, 3.8) is 0 Å². The van der Waals surface area contributed by atoms with Gasteiger partial charge in [-0.1, -0.05) is 23.2 Å². The van der Waals surface area contributed by atoms with Crippen molar-refractivity contribution in [2.45, 2.75) is 11.8 Å². The largest absolute Gasteiger partial charge is 0.494 e. The Kier molecular flexibility index (Phi) is 8.99. The number of benzene rings is 3. The van der Waals surface area contributed by atoms with Crippen molar-refractivity contribution in [2.24, 2.45) is 0 Å². The summed E-state index contributed by atoms with van der Waals surface area (Å²) in [5.74, 6) is 0.757. The summed E-state index contributed by atoms with van der Waals surface area (Å²) >= 11 is 17.7. The smallest absolute Gasteiger partial charge is 0.264 e. The van der Waals surface area contributed by atoms with E-state index in [9.17, 15) is 8.42 Å². The molecule has 1 saturated heterocycles. The molecule has 0 aromatic heterocycles. The Morgan fingerprint density at radius 2 is 1.68 bits per heavy atom. The lowest BCUT2D eigenvalue weighted by atomic mass is 10.2. The van der Waals surface area contributed by atoms with Crippen LogP contribution in [0, 0.1) is 0 Å². The molecule has 1 heterocycles. The number of nitrogens with one attached hydrogen (secondary N) is 3. The molecule has 0 bridgehead atoms. The molecule has 0 aliphatic carbocycles. The second-order valence-corrected chi connectivity index (χ2v) is 11.0. The van der Waals surface area contributed by atoms with Gasteiger partial charge in [-0.15, -0.1) is 0 Å². The van der Waals surface area contributed by atoms with Gasteiger partial charge < -0.3 is 25.0 Å². The lowest BCUT2D eigenvalue weighted by molar-refractivity contribution is 0.122. The van der Waals surface area contributed by atoms with Gasteiger partial charge in [-0.25, -0.2) is 8.42 Å². The maximum absolute atomic E-state index is 13.6. The molecule has 0 spiro atoms. The van der Waals surface area contributed by atoms with Gasteiger partial charge in [0.1, 0.15) is 10.6 Å². The summed E-state index contributed by atoms with van der Waals surface area (Å²) in [4.78, 5) is 2.04. The van der Waals surface area contributed by atoms with Gasteiger partial charge in [-0.3, -0.25) is 4.72 Å². The van der Waals surface area contributed by atoms with Crippen LogP contribution in [0.3, 0.4) is 0 Å². The number of halogens is 2. The molecule has 1 aliphatic heterocycles. The van der Waals surface area contributed by atoms with Crippen LogP contribution in [0.4, 0.5) is 22.7 Å². The number of hydrogen-bond donors (Lipinski definition) is 3. The van der Waals surface area contributed by atoms with Gasteiger partial charge in [0.2, 0.25) is 0 Å². The second-order valence-electron chi connectivity index (χ2n) is 8.05. The lowest BCUT2D eigenvalue weighted by Gasteiger charge is -2.30. The molecule has 3 aromatic rings. The third-order valence-electron chi connectivity index (χ3n) is 5.45. The molecular weight excluding hydrogens is 555 g/mol. The van der Waals surface area contributed by atoms with E-state index in [1.165, 1.54) is 18.2 Å². The zero-order valence-electron chi connectivity index (χ0n) is 20.0. The highest BCUT2D eigenvalue weighted by atomic mass is 35.5. The van der Waals surface area contributed by atoms with E-state index in [4.69, 9.17) is 44.9 Å². The van der Waals surface area contributed by atoms with Crippen LogP contribution in [0.1, 0.15) is 6.92 Å². The van der Waals surface area contributed by atoms with Crippen molar-refractivity contribution < 1.29 is 17.9 Å². The van der Waals surface area contributed by atoms with Gasteiger partial charge in [-0.2, -0.15) is 0 Å². The molecular formula is C25H26Cl2N4O4S2. The van der Waals surface area contributed by atoms with Gasteiger partial charge in [0.05, 0.1) is 36.2 Å². The Balaban J connectivity index is 1.60. The normalized spacial score (nSPS) is 13.6. The summed E-state index contributed by atoms with van der Waals surface area (Å²) in [6, 6.07) is 17.0. The highest BCUT2D eigenvalue weighted by Crippen LogP contribution is 2.33. The van der Waals surface area contributed by atoms with E-state index in [-0.39, 0.29) is 15.6 Å². The summed E-state index contributed by atoms with van der Waals surface area (Å²) < 4.78 is 40.6. The predicted molar refractivity (Wildman–Crippen MR) is 154 cm³/mol. The van der Waals surface area contributed by atoms with Crippen LogP contribution >= 0.6 is 35.4 Å². The minimum Gasteiger partial charge on any atom is -0.494 e. The Morgan fingerprint density at radius 3 is 2.38 bits per heavy atom. The van der Waals surface area contributed by atoms with Crippen LogP contribution in [0.25, 0.3) is 0 Å². The number of morpholine rings is 1. The number of anilines is 4. The number of sulfonamides is 1. The van der Waals surface area contributed by atoms with Crippen LogP contribution in [-0.4, -0.2) is 46.4 Å². The molecule has 0 unspecified atom stereocenters. The molecule has 1 fully saturated rings. The average Bonchev–Trinajstić information content (AvgIpc) is 2.88. The molecule has 37 heavy (non-hydrogen) atoms. The van der Waals surface area contributed by atoms with E-state index >= 15 is 0 Å². The Hall–Kier alpha value is -2.76. The van der Waals surface area contributed by atoms with Crippen LogP contribution in [0.15, 0.2) is 65.6 Å². The number of nitrogens with zero attached hydrogens (tertiary/aromatic N) is 1. The van der Waals surface area contributed by atoms with E-state index in [2.05, 4.69) is 15.4 Å². The maximum Gasteiger partial charge on any atom is 0.264 e. The van der Waals surface area contributed by atoms with Gasteiger partial charge in [0, 0.05) is 29.5 Å². The summed E-state index contributed by atoms with van der Waals surface area (Å²) in [6.45, 7) is 4.63. The number of rotatable bonds is 8. The Bertz CT molecular complexity index is 1370. The Morgan fingerprint density at radius 1 is 1.00 bits per heavy atom. The first-order valence-electron chi connectivity index (χ1n) is 11.5. The second kappa shape index (κ2) is 12.2. The number of hydrogen-bond acceptors (Lipinski definition) is 6. The summed E-state index contributed by atoms with van der Waals surface area (Å²) in [5.41, 5.74) is 1.99. The van der Waals surface area contributed by atoms with E-state index in [0.717, 1.165) is 11.4 Å². The van der Waals surface area contributed by atoms with Crippen LogP contribution in [-0.2, 0) is 14.8 Å². The first-order valence-corrected chi connectivity index (χ1v) is 14.2. The molecule has 3 aromatic carbocycles. The van der Waals surface area contributed by atoms with E-state index in [1.54, 1.807) is 18.2 Å². The van der Waals surface area contributed by atoms with Gasteiger partial charge in [0.15, 0.2) is 5.11 Å². The molecule has 3 N–H and O–H groups in total. The summed E-state index contributed by atoms with van der Waals surface area (Å²) in [7, 11) is -4.05. The molecule has 1 aliphatic rings. The van der Waals surface area contributed by atoms with Crippen LogP contribution in [0.2, 0.25) is 10.0 Å². The highest BCUT2D eigenvalue weighted by molar-refractivity contribution is 7.93. The van der Waals surface area contributed by atoms with Crippen molar-refractivity contribution in [1.82, 2.24) is 0 Å². The zero-order valence-corrected chi connectivity index (χ0v) is 23.1. The topological polar surface area (TPSA) is 91.9 Å². The molecule has 0 saturated carbocycles. The number of ether oxygens (including phenoxy) is 2. The van der Waals surface area contributed by atoms with Crippen molar-refractivity contribution in [2.75, 3.05) is 53.2 Å². The van der Waals surface area contributed by atoms with Crippen LogP contribution < -0.4 is 25.0 Å². The fraction of sp³-hybridized carbons (Fsp3) is 0.240. The van der Waals surface area contributed by atoms with Crippen LogP contribution in [0.5, 0.6) is 5.75 Å². The first kappa shape index (κ1) is 27.3. The fourth-order valence-corrected chi connectivity index (χ4v) is 5.69. The van der Waals surface area contributed by atoms with E-state index in [0.29, 0.717) is 54.4 Å². The highest BCUT2D eigenvalue weighted by Gasteiger charge is 2.25. The van der Waals surface area contributed by atoms with Gasteiger partial charge in [0.25, 0.3) is 10.0 Å². The SMILES string of the molecule is CCOc1ccc(NC(=S)Nc2ccc(N3CCOCC3)c(S(=O)(=O)Nc3cc(Cl)ccc3Cl)c2)cc1. The third-order valence-corrected chi connectivity index (χ3v) is 7.62. The fourth-order valence-electron chi connectivity index (χ4n) is 3.74. The molecule has 0 radical (unpaired) electrons. The minimum atomic E-state index is -4.05. The standard InChI is InChI=1S/C25H26Cl2N4O4S2/c1-2-35-20-7-4-18(5-8-20)28-25(36)29-19-6-10-23(31-11-13-34-14-12-31)24(16-19)37(32,33)30-22-15-17(26)3-9-21(22)27/h3-10,15-16,30H,2,11-14H2,1H3,(H2,28,29,36). The molecule has 8 nitrogen and oxygen atoms in total. The Labute approximate surface area is 231 Å². The lowest BCUT2D eigenvalue weighted by Crippen LogP contribution is -2.37. The van der Waals surface area contributed by atoms with Gasteiger partial charge in [-0.05, 0) is 79.8 Å². The third kappa shape index (κ3) is 7.18. The minimum absolute atomic E-state index is 0.0688. The number of thiocarbonyl (C=S) groups is 1. The van der Waals surface area contributed by atoms with E-state index in [1.807, 2.05) is 36.1 Å². The summed E-state index contributed by atoms with van der Waals surface area (Å²) in [5, 5.41) is 7.05. The zero-order chi connectivity index (χ0) is 26.4. The first-order chi connectivity index (χ1) is 17.7. The predicted octanol–water partition coefficient (Wildman–Crippen LogP) is 5.84. The molecule has 12 heteroatoms. The van der Waals surface area contributed by atoms with Crippen molar-refractivity contribution in [1.29, 1.82) is 0 Å². The monoisotopic (exact) mass is 580 g/mol.